The molecule has 214 valence electrons. The number of nitrogens with two attached hydrogens (primary N) is 1. The number of benzene rings is 3. The number of nitro groups is 1. The van der Waals surface area contributed by atoms with Gasteiger partial charge in [-0.2, -0.15) is 5.26 Å². The van der Waals surface area contributed by atoms with Crippen molar-refractivity contribution in [2.75, 3.05) is 4.90 Å². The van der Waals surface area contributed by atoms with E-state index in [4.69, 9.17) is 10.5 Å². The van der Waals surface area contributed by atoms with Gasteiger partial charge in [-0.25, -0.2) is 4.39 Å². The summed E-state index contributed by atoms with van der Waals surface area (Å²) in [7, 11) is 0. The summed E-state index contributed by atoms with van der Waals surface area (Å²) in [4.78, 5) is 27.0. The van der Waals surface area contributed by atoms with E-state index in [0.717, 1.165) is 22.3 Å². The lowest BCUT2D eigenvalue weighted by Crippen LogP contribution is -2.42. The lowest BCUT2D eigenvalue weighted by Gasteiger charge is -2.43. The number of hydrogen-bond donors (Lipinski definition) is 1. The summed E-state index contributed by atoms with van der Waals surface area (Å²) < 4.78 is 19.3. The number of anilines is 1. The molecule has 8 nitrogen and oxygen atoms in total. The number of aryl methyl sites for hydroxylation is 2. The number of carbonyl (C=O) groups excluding carboxylic acids is 1. The van der Waals surface area contributed by atoms with Crippen LogP contribution in [0.4, 0.5) is 15.8 Å². The lowest BCUT2D eigenvalue weighted by atomic mass is 9.68. The summed E-state index contributed by atoms with van der Waals surface area (Å²) in [6.45, 7) is 8.01. The topological polar surface area (TPSA) is 122 Å². The minimum Gasteiger partial charge on any atom is -0.489 e. The zero-order chi connectivity index (χ0) is 30.3. The first-order valence-electron chi connectivity index (χ1n) is 13.6. The molecule has 2 aliphatic rings. The molecule has 1 atom stereocenters. The Balaban J connectivity index is 1.69. The number of nitrogens with zero attached hydrogens (tertiary/aromatic N) is 3. The van der Waals surface area contributed by atoms with Gasteiger partial charge in [0.1, 0.15) is 29.7 Å². The summed E-state index contributed by atoms with van der Waals surface area (Å²) in [5.41, 5.74) is 10.9. The first-order chi connectivity index (χ1) is 19.9. The molecule has 1 unspecified atom stereocenters. The average molecular weight is 567 g/mol. The molecule has 0 amide bonds. The monoisotopic (exact) mass is 566 g/mol. The molecule has 1 heterocycles. The predicted octanol–water partition coefficient (Wildman–Crippen LogP) is 6.87. The van der Waals surface area contributed by atoms with Gasteiger partial charge in [-0.1, -0.05) is 38.1 Å². The average Bonchev–Trinajstić information content (AvgIpc) is 2.92. The number of nitro benzene ring substituents is 1. The summed E-state index contributed by atoms with van der Waals surface area (Å²) in [5, 5.41) is 22.5. The van der Waals surface area contributed by atoms with Crippen molar-refractivity contribution in [2.24, 2.45) is 11.1 Å². The Morgan fingerprint density at radius 2 is 1.81 bits per heavy atom. The molecular weight excluding hydrogens is 535 g/mol. The highest BCUT2D eigenvalue weighted by Gasteiger charge is 2.46. The summed E-state index contributed by atoms with van der Waals surface area (Å²) in [5.74, 6) is -0.671. The van der Waals surface area contributed by atoms with Crippen molar-refractivity contribution in [1.82, 2.24) is 0 Å². The Morgan fingerprint density at radius 3 is 2.48 bits per heavy atom. The molecule has 0 saturated heterocycles. The standard InChI is InChI=1S/C33H31FN4O4/c1-19-13-20(2)24(14-21(19)18-42-23-11-9-22(34)10-12-23)30-25(17-35)32(36)37(26-7-5-6-8-27(26)38(40)41)28-15-33(3,4)16-29(39)31(28)30/h5-14,30H,15-16,18,36H2,1-4H3. The highest BCUT2D eigenvalue weighted by atomic mass is 19.1. The van der Waals surface area contributed by atoms with Crippen LogP contribution >= 0.6 is 0 Å². The van der Waals surface area contributed by atoms with Crippen LogP contribution in [0.5, 0.6) is 5.75 Å². The highest BCUT2D eigenvalue weighted by molar-refractivity contribution is 6.02. The van der Waals surface area contributed by atoms with Gasteiger partial charge in [0, 0.05) is 23.8 Å². The molecule has 42 heavy (non-hydrogen) atoms. The molecule has 5 rings (SSSR count). The number of halogens is 1. The van der Waals surface area contributed by atoms with E-state index in [1.54, 1.807) is 30.3 Å². The van der Waals surface area contributed by atoms with Crippen molar-refractivity contribution in [1.29, 1.82) is 5.26 Å². The van der Waals surface area contributed by atoms with Crippen LogP contribution in [0.3, 0.4) is 0 Å². The van der Waals surface area contributed by atoms with E-state index in [-0.39, 0.29) is 47.4 Å². The van der Waals surface area contributed by atoms with Gasteiger partial charge in [0.25, 0.3) is 5.69 Å². The minimum absolute atomic E-state index is 0.0603. The van der Waals surface area contributed by atoms with Crippen molar-refractivity contribution >= 4 is 17.2 Å². The molecule has 3 aromatic carbocycles. The number of rotatable bonds is 6. The number of para-hydroxylation sites is 2. The van der Waals surface area contributed by atoms with Gasteiger partial charge in [-0.3, -0.25) is 19.8 Å². The molecule has 1 aliphatic carbocycles. The quantitative estimate of drug-likeness (QED) is 0.255. The van der Waals surface area contributed by atoms with Crippen molar-refractivity contribution < 1.29 is 18.8 Å². The van der Waals surface area contributed by atoms with Crippen LogP contribution < -0.4 is 15.4 Å². The molecule has 0 aromatic heterocycles. The van der Waals surface area contributed by atoms with E-state index >= 15 is 0 Å². The van der Waals surface area contributed by atoms with Gasteiger partial charge in [0.2, 0.25) is 0 Å². The van der Waals surface area contributed by atoms with Gasteiger partial charge in [-0.15, -0.1) is 0 Å². The zero-order valence-corrected chi connectivity index (χ0v) is 23.9. The van der Waals surface area contributed by atoms with Crippen LogP contribution in [-0.2, 0) is 11.4 Å². The second kappa shape index (κ2) is 10.8. The number of carbonyl (C=O) groups is 1. The van der Waals surface area contributed by atoms with Crippen LogP contribution in [0.1, 0.15) is 54.9 Å². The predicted molar refractivity (Wildman–Crippen MR) is 157 cm³/mol. The third kappa shape index (κ3) is 5.12. The number of allylic oxidation sites excluding steroid dienone is 3. The van der Waals surface area contributed by atoms with E-state index in [2.05, 4.69) is 6.07 Å². The third-order valence-corrected chi connectivity index (χ3v) is 7.94. The molecule has 0 fully saturated rings. The Hall–Kier alpha value is -4.97. The number of nitriles is 1. The first kappa shape index (κ1) is 28.6. The maximum absolute atomic E-state index is 13.9. The summed E-state index contributed by atoms with van der Waals surface area (Å²) in [6.07, 6.45) is 0.693. The summed E-state index contributed by atoms with van der Waals surface area (Å²) in [6, 6.07) is 18.1. The van der Waals surface area contributed by atoms with Crippen LogP contribution in [0, 0.1) is 46.5 Å². The second-order valence-electron chi connectivity index (χ2n) is 11.6. The van der Waals surface area contributed by atoms with Gasteiger partial charge in [0.05, 0.1) is 22.5 Å². The van der Waals surface area contributed by atoms with Crippen LogP contribution in [0.2, 0.25) is 0 Å². The third-order valence-electron chi connectivity index (χ3n) is 7.94. The van der Waals surface area contributed by atoms with E-state index in [1.807, 2.05) is 39.8 Å². The molecule has 3 aromatic rings. The SMILES string of the molecule is Cc1cc(C)c(C2C(C#N)=C(N)N(c3ccccc3[N+](=O)[O-])C3=C2C(=O)CC(C)(C)C3)cc1COc1ccc(F)cc1. The Bertz CT molecular complexity index is 1720. The van der Waals surface area contributed by atoms with Crippen molar-refractivity contribution in [2.45, 2.75) is 53.1 Å². The largest absolute Gasteiger partial charge is 0.489 e. The Labute approximate surface area is 243 Å². The zero-order valence-electron chi connectivity index (χ0n) is 23.9. The Morgan fingerprint density at radius 1 is 1.12 bits per heavy atom. The molecule has 0 spiro atoms. The second-order valence-corrected chi connectivity index (χ2v) is 11.6. The van der Waals surface area contributed by atoms with Gasteiger partial charge >= 0.3 is 0 Å². The maximum Gasteiger partial charge on any atom is 0.293 e. The lowest BCUT2D eigenvalue weighted by molar-refractivity contribution is -0.384. The summed E-state index contributed by atoms with van der Waals surface area (Å²) >= 11 is 0. The highest BCUT2D eigenvalue weighted by Crippen LogP contribution is 2.51. The smallest absolute Gasteiger partial charge is 0.293 e. The van der Waals surface area contributed by atoms with E-state index in [9.17, 15) is 24.6 Å². The van der Waals surface area contributed by atoms with Gasteiger partial charge < -0.3 is 10.5 Å². The molecule has 2 N–H and O–H groups in total. The number of ether oxygens (including phenoxy) is 1. The van der Waals surface area contributed by atoms with Crippen LogP contribution in [-0.4, -0.2) is 10.7 Å². The molecule has 0 saturated carbocycles. The fourth-order valence-electron chi connectivity index (χ4n) is 5.98. The number of ketones is 1. The number of hydrogen-bond acceptors (Lipinski definition) is 7. The Kier molecular flexibility index (Phi) is 7.33. The molecular formula is C33H31FN4O4. The van der Waals surface area contributed by atoms with Gasteiger partial charge in [0.15, 0.2) is 5.78 Å². The van der Waals surface area contributed by atoms with E-state index in [0.29, 0.717) is 23.4 Å². The number of Topliss-reactive ketones (excluding diaryl/α,β-unsaturated/α-hetero) is 1. The fraction of sp³-hybridized carbons (Fsp3) is 0.273. The van der Waals surface area contributed by atoms with Crippen LogP contribution in [0.25, 0.3) is 0 Å². The van der Waals surface area contributed by atoms with Crippen LogP contribution in [0.15, 0.2) is 83.3 Å². The van der Waals surface area contributed by atoms with Crippen molar-refractivity contribution in [3.8, 4) is 11.8 Å². The normalized spacial score (nSPS) is 18.0. The van der Waals surface area contributed by atoms with Gasteiger partial charge in [-0.05, 0) is 78.3 Å². The molecule has 0 radical (unpaired) electrons. The van der Waals surface area contributed by atoms with Crippen molar-refractivity contribution in [3.63, 3.8) is 0 Å². The first-order valence-corrected chi connectivity index (χ1v) is 13.6. The fourth-order valence-corrected chi connectivity index (χ4v) is 5.98. The van der Waals surface area contributed by atoms with Crippen molar-refractivity contribution in [3.05, 3.63) is 122 Å². The molecule has 0 bridgehead atoms. The molecule has 9 heteroatoms. The van der Waals surface area contributed by atoms with E-state index in [1.165, 1.54) is 23.1 Å². The van der Waals surface area contributed by atoms with E-state index < -0.39 is 16.3 Å². The molecule has 1 aliphatic heterocycles. The minimum atomic E-state index is -0.752. The maximum atomic E-state index is 13.9.